The highest BCUT2D eigenvalue weighted by Gasteiger charge is 2.27. The zero-order chi connectivity index (χ0) is 13.7. The van der Waals surface area contributed by atoms with Crippen LogP contribution in [-0.4, -0.2) is 36.9 Å². The number of alkyl halides is 3. The van der Waals surface area contributed by atoms with E-state index in [0.29, 0.717) is 0 Å². The lowest BCUT2D eigenvalue weighted by Gasteiger charge is -2.19. The third-order valence-corrected chi connectivity index (χ3v) is 1.28. The zero-order valence-electron chi connectivity index (χ0n) is 9.77. The Morgan fingerprint density at radius 2 is 1.65 bits per heavy atom. The number of halogens is 3. The van der Waals surface area contributed by atoms with Gasteiger partial charge in [0.2, 0.25) is 5.91 Å². The second-order valence-corrected chi connectivity index (χ2v) is 4.25. The van der Waals surface area contributed by atoms with Gasteiger partial charge in [-0.05, 0) is 20.8 Å². The van der Waals surface area contributed by atoms with Crippen molar-refractivity contribution in [3.63, 3.8) is 0 Å². The van der Waals surface area contributed by atoms with E-state index in [1.807, 2.05) is 5.32 Å². The normalized spacial score (nSPS) is 11.9. The molecule has 0 radical (unpaired) electrons. The maximum atomic E-state index is 11.7. The Labute approximate surface area is 96.7 Å². The summed E-state index contributed by atoms with van der Waals surface area (Å²) in [6, 6.07) is 0. The van der Waals surface area contributed by atoms with Gasteiger partial charge < -0.3 is 15.4 Å². The summed E-state index contributed by atoms with van der Waals surface area (Å²) in [6.45, 7) is 2.87. The van der Waals surface area contributed by atoms with Crippen molar-refractivity contribution in [2.75, 3.05) is 13.1 Å². The van der Waals surface area contributed by atoms with Crippen molar-refractivity contribution in [1.29, 1.82) is 0 Å². The topological polar surface area (TPSA) is 67.4 Å². The highest BCUT2D eigenvalue weighted by molar-refractivity contribution is 5.82. The van der Waals surface area contributed by atoms with Crippen molar-refractivity contribution < 1.29 is 27.5 Å². The first-order chi connectivity index (χ1) is 7.49. The summed E-state index contributed by atoms with van der Waals surface area (Å²) in [5, 5.41) is 3.64. The maximum Gasteiger partial charge on any atom is 0.408 e. The van der Waals surface area contributed by atoms with Crippen molar-refractivity contribution in [3.05, 3.63) is 0 Å². The number of carbonyl (C=O) groups is 2. The number of nitrogens with one attached hydrogen (secondary N) is 2. The first kappa shape index (κ1) is 15.5. The Morgan fingerprint density at radius 1 is 1.12 bits per heavy atom. The van der Waals surface area contributed by atoms with E-state index < -0.39 is 36.9 Å². The van der Waals surface area contributed by atoms with Crippen LogP contribution in [0, 0.1) is 0 Å². The molecule has 0 saturated carbocycles. The molecule has 0 unspecified atom stereocenters. The second-order valence-electron chi connectivity index (χ2n) is 4.25. The first-order valence-electron chi connectivity index (χ1n) is 4.80. The number of carbonyl (C=O) groups excluding carboxylic acids is 2. The molecule has 5 nitrogen and oxygen atoms in total. The molecule has 0 fully saturated rings. The first-order valence-corrected chi connectivity index (χ1v) is 4.80. The van der Waals surface area contributed by atoms with Crippen molar-refractivity contribution in [1.82, 2.24) is 10.6 Å². The average Bonchev–Trinajstić information content (AvgIpc) is 2.07. The van der Waals surface area contributed by atoms with Crippen molar-refractivity contribution in [2.45, 2.75) is 32.5 Å². The van der Waals surface area contributed by atoms with Gasteiger partial charge in [0.25, 0.3) is 0 Å². The number of hydrogen-bond donors (Lipinski definition) is 2. The number of ether oxygens (including phenoxy) is 1. The van der Waals surface area contributed by atoms with E-state index in [0.717, 1.165) is 0 Å². The van der Waals surface area contributed by atoms with Gasteiger partial charge in [-0.3, -0.25) is 4.79 Å². The molecule has 0 aliphatic carbocycles. The van der Waals surface area contributed by atoms with E-state index in [1.54, 1.807) is 26.1 Å². The Bertz CT molecular complexity index is 284. The molecule has 0 spiro atoms. The van der Waals surface area contributed by atoms with Gasteiger partial charge in [-0.2, -0.15) is 13.2 Å². The van der Waals surface area contributed by atoms with Crippen molar-refractivity contribution in [2.24, 2.45) is 0 Å². The fraction of sp³-hybridized carbons (Fsp3) is 0.778. The standard InChI is InChI=1S/C9H15F3N2O3/c1-8(2,3)17-7(16)13-4-6(15)14-5-9(10,11)12/h4-5H2,1-3H3,(H,13,16)(H,14,15). The van der Waals surface area contributed by atoms with Crippen LogP contribution < -0.4 is 10.6 Å². The predicted molar refractivity (Wildman–Crippen MR) is 53.3 cm³/mol. The van der Waals surface area contributed by atoms with Crippen LogP contribution in [0.2, 0.25) is 0 Å². The molecule has 8 heteroatoms. The second kappa shape index (κ2) is 5.74. The maximum absolute atomic E-state index is 11.7. The summed E-state index contributed by atoms with van der Waals surface area (Å²) >= 11 is 0. The van der Waals surface area contributed by atoms with Gasteiger partial charge >= 0.3 is 12.3 Å². The summed E-state index contributed by atoms with van der Waals surface area (Å²) in [5.41, 5.74) is -0.730. The van der Waals surface area contributed by atoms with Crippen LogP contribution in [0.4, 0.5) is 18.0 Å². The molecule has 0 aliphatic heterocycles. The molecule has 0 aliphatic rings. The number of hydrogen-bond acceptors (Lipinski definition) is 3. The Morgan fingerprint density at radius 3 is 2.06 bits per heavy atom. The molecule has 2 N–H and O–H groups in total. The van der Waals surface area contributed by atoms with Crippen LogP contribution in [0.15, 0.2) is 0 Å². The fourth-order valence-electron chi connectivity index (χ4n) is 0.728. The van der Waals surface area contributed by atoms with Gasteiger partial charge in [-0.15, -0.1) is 0 Å². The molecule has 0 aromatic rings. The van der Waals surface area contributed by atoms with E-state index in [1.165, 1.54) is 0 Å². The SMILES string of the molecule is CC(C)(C)OC(=O)NCC(=O)NCC(F)(F)F. The molecule has 0 aromatic heterocycles. The monoisotopic (exact) mass is 256 g/mol. The van der Waals surface area contributed by atoms with Gasteiger partial charge in [0.15, 0.2) is 0 Å². The number of rotatable bonds is 3. The average molecular weight is 256 g/mol. The summed E-state index contributed by atoms with van der Waals surface area (Å²) in [4.78, 5) is 21.9. The lowest BCUT2D eigenvalue weighted by Crippen LogP contribution is -2.42. The molecular formula is C9H15F3N2O3. The predicted octanol–water partition coefficient (Wildman–Crippen LogP) is 1.19. The van der Waals surface area contributed by atoms with Crippen LogP contribution in [0.25, 0.3) is 0 Å². The van der Waals surface area contributed by atoms with Gasteiger partial charge in [0.1, 0.15) is 12.1 Å². The van der Waals surface area contributed by atoms with Crippen molar-refractivity contribution >= 4 is 12.0 Å². The summed E-state index contributed by atoms with van der Waals surface area (Å²) in [6.07, 6.45) is -5.33. The summed E-state index contributed by atoms with van der Waals surface area (Å²) < 4.78 is 39.9. The van der Waals surface area contributed by atoms with Gasteiger partial charge in [0.05, 0.1) is 6.54 Å². The van der Waals surface area contributed by atoms with Gasteiger partial charge in [-0.25, -0.2) is 4.79 Å². The highest BCUT2D eigenvalue weighted by atomic mass is 19.4. The minimum absolute atomic E-state index is 0.564. The van der Waals surface area contributed by atoms with Crippen molar-refractivity contribution in [3.8, 4) is 0 Å². The van der Waals surface area contributed by atoms with E-state index in [-0.39, 0.29) is 0 Å². The lowest BCUT2D eigenvalue weighted by atomic mass is 10.2. The number of alkyl carbamates (subject to hydrolysis) is 1. The summed E-state index contributed by atoms with van der Waals surface area (Å²) in [5.74, 6) is -0.937. The molecule has 0 aromatic carbocycles. The molecule has 0 atom stereocenters. The van der Waals surface area contributed by atoms with Crippen LogP contribution in [-0.2, 0) is 9.53 Å². The van der Waals surface area contributed by atoms with E-state index in [4.69, 9.17) is 4.74 Å². The Hall–Kier alpha value is -1.47. The van der Waals surface area contributed by atoms with Crippen LogP contribution >= 0.6 is 0 Å². The fourth-order valence-corrected chi connectivity index (χ4v) is 0.728. The highest BCUT2D eigenvalue weighted by Crippen LogP contribution is 2.11. The zero-order valence-corrected chi connectivity index (χ0v) is 9.77. The lowest BCUT2D eigenvalue weighted by molar-refractivity contribution is -0.137. The molecule has 0 bridgehead atoms. The largest absolute Gasteiger partial charge is 0.444 e. The quantitative estimate of drug-likeness (QED) is 0.797. The van der Waals surface area contributed by atoms with Gasteiger partial charge in [0, 0.05) is 0 Å². The molecule has 100 valence electrons. The van der Waals surface area contributed by atoms with Crippen LogP contribution in [0.3, 0.4) is 0 Å². The smallest absolute Gasteiger partial charge is 0.408 e. The molecule has 0 heterocycles. The third kappa shape index (κ3) is 10.8. The minimum Gasteiger partial charge on any atom is -0.444 e. The molecular weight excluding hydrogens is 241 g/mol. The molecule has 0 saturated heterocycles. The van der Waals surface area contributed by atoms with Gasteiger partial charge in [-0.1, -0.05) is 0 Å². The summed E-state index contributed by atoms with van der Waals surface area (Å²) in [7, 11) is 0. The third-order valence-electron chi connectivity index (χ3n) is 1.28. The molecule has 2 amide bonds. The van der Waals surface area contributed by atoms with Crippen LogP contribution in [0.1, 0.15) is 20.8 Å². The van der Waals surface area contributed by atoms with E-state index in [2.05, 4.69) is 0 Å². The van der Waals surface area contributed by atoms with E-state index >= 15 is 0 Å². The number of amides is 2. The Kier molecular flexibility index (Phi) is 5.24. The van der Waals surface area contributed by atoms with E-state index in [9.17, 15) is 22.8 Å². The Balaban J connectivity index is 3.82. The van der Waals surface area contributed by atoms with Crippen LogP contribution in [0.5, 0.6) is 0 Å². The molecule has 17 heavy (non-hydrogen) atoms. The molecule has 0 rings (SSSR count). The minimum atomic E-state index is -4.47.